The van der Waals surface area contributed by atoms with E-state index in [0.29, 0.717) is 26.1 Å². The van der Waals surface area contributed by atoms with Crippen LogP contribution in [0.25, 0.3) is 0 Å². The predicted octanol–water partition coefficient (Wildman–Crippen LogP) is 1.60. The molecule has 2 N–H and O–H groups in total. The minimum atomic E-state index is -0.341. The lowest BCUT2D eigenvalue weighted by molar-refractivity contribution is 0.284. The molecule has 18 heavy (non-hydrogen) atoms. The van der Waals surface area contributed by atoms with Crippen LogP contribution in [0.15, 0.2) is 36.9 Å². The first kappa shape index (κ1) is 12.6. The number of halogens is 1. The highest BCUT2D eigenvalue weighted by molar-refractivity contribution is 5.29. The SMILES string of the molecule is NCCc1ccc(OCCn2ccnc2)c(F)c1. The summed E-state index contributed by atoms with van der Waals surface area (Å²) >= 11 is 0. The topological polar surface area (TPSA) is 53.1 Å². The van der Waals surface area contributed by atoms with Crippen molar-refractivity contribution in [2.75, 3.05) is 13.2 Å². The van der Waals surface area contributed by atoms with Crippen molar-refractivity contribution in [1.29, 1.82) is 0 Å². The van der Waals surface area contributed by atoms with Crippen LogP contribution < -0.4 is 10.5 Å². The molecule has 1 heterocycles. The molecule has 0 aliphatic carbocycles. The Labute approximate surface area is 105 Å². The maximum atomic E-state index is 13.7. The summed E-state index contributed by atoms with van der Waals surface area (Å²) in [5.41, 5.74) is 6.31. The second kappa shape index (κ2) is 6.16. The summed E-state index contributed by atoms with van der Waals surface area (Å²) in [6.45, 7) is 1.56. The van der Waals surface area contributed by atoms with Gasteiger partial charge in [-0.15, -0.1) is 0 Å². The van der Waals surface area contributed by atoms with Crippen molar-refractivity contribution in [3.05, 3.63) is 48.3 Å². The van der Waals surface area contributed by atoms with Crippen molar-refractivity contribution in [3.63, 3.8) is 0 Å². The zero-order valence-corrected chi connectivity index (χ0v) is 10.1. The van der Waals surface area contributed by atoms with Gasteiger partial charge in [-0.25, -0.2) is 9.37 Å². The number of hydrogen-bond donors (Lipinski definition) is 1. The third-order valence-corrected chi connectivity index (χ3v) is 2.60. The molecule has 5 heteroatoms. The van der Waals surface area contributed by atoms with Crippen LogP contribution in [-0.4, -0.2) is 22.7 Å². The standard InChI is InChI=1S/C13H16FN3O/c14-12-9-11(3-4-15)1-2-13(12)18-8-7-17-6-5-16-10-17/h1-2,5-6,9-10H,3-4,7-8,15H2. The lowest BCUT2D eigenvalue weighted by Crippen LogP contribution is -2.08. The highest BCUT2D eigenvalue weighted by Gasteiger charge is 2.04. The first-order chi connectivity index (χ1) is 8.79. The molecule has 1 aromatic carbocycles. The zero-order chi connectivity index (χ0) is 12.8. The number of rotatable bonds is 6. The van der Waals surface area contributed by atoms with Gasteiger partial charge in [0.1, 0.15) is 6.61 Å². The van der Waals surface area contributed by atoms with Crippen LogP contribution >= 0.6 is 0 Å². The van der Waals surface area contributed by atoms with E-state index < -0.39 is 0 Å². The molecule has 2 rings (SSSR count). The van der Waals surface area contributed by atoms with Gasteiger partial charge in [-0.3, -0.25) is 0 Å². The van der Waals surface area contributed by atoms with Gasteiger partial charge < -0.3 is 15.0 Å². The van der Waals surface area contributed by atoms with E-state index in [4.69, 9.17) is 10.5 Å². The van der Waals surface area contributed by atoms with Gasteiger partial charge in [0.15, 0.2) is 11.6 Å². The molecule has 96 valence electrons. The van der Waals surface area contributed by atoms with E-state index in [1.165, 1.54) is 6.07 Å². The smallest absolute Gasteiger partial charge is 0.165 e. The Morgan fingerprint density at radius 3 is 2.94 bits per heavy atom. The number of nitrogens with zero attached hydrogens (tertiary/aromatic N) is 2. The maximum Gasteiger partial charge on any atom is 0.165 e. The molecule has 0 amide bonds. The minimum Gasteiger partial charge on any atom is -0.489 e. The zero-order valence-electron chi connectivity index (χ0n) is 10.1. The summed E-state index contributed by atoms with van der Waals surface area (Å²) in [5.74, 6) is -0.0672. The van der Waals surface area contributed by atoms with Crippen LogP contribution in [0.3, 0.4) is 0 Å². The molecule has 0 bridgehead atoms. The van der Waals surface area contributed by atoms with Gasteiger partial charge in [0.05, 0.1) is 12.9 Å². The van der Waals surface area contributed by atoms with Crippen molar-refractivity contribution in [2.45, 2.75) is 13.0 Å². The minimum absolute atomic E-state index is 0.274. The lowest BCUT2D eigenvalue weighted by Gasteiger charge is -2.08. The third-order valence-electron chi connectivity index (χ3n) is 2.60. The van der Waals surface area contributed by atoms with Gasteiger partial charge in [0, 0.05) is 12.4 Å². The first-order valence-corrected chi connectivity index (χ1v) is 5.86. The van der Waals surface area contributed by atoms with Crippen LogP contribution in [0, 0.1) is 5.82 Å². The first-order valence-electron chi connectivity index (χ1n) is 5.86. The van der Waals surface area contributed by atoms with Gasteiger partial charge in [-0.2, -0.15) is 0 Å². The molecular formula is C13H16FN3O. The molecule has 0 aliphatic rings. The Hall–Kier alpha value is -1.88. The van der Waals surface area contributed by atoms with Crippen molar-refractivity contribution < 1.29 is 9.13 Å². The monoisotopic (exact) mass is 249 g/mol. The van der Waals surface area contributed by atoms with Crippen LogP contribution in [0.1, 0.15) is 5.56 Å². The summed E-state index contributed by atoms with van der Waals surface area (Å²) in [5, 5.41) is 0. The molecule has 2 aromatic rings. The molecular weight excluding hydrogens is 233 g/mol. The van der Waals surface area contributed by atoms with Gasteiger partial charge in [0.25, 0.3) is 0 Å². The number of aromatic nitrogens is 2. The van der Waals surface area contributed by atoms with Gasteiger partial charge in [-0.1, -0.05) is 6.07 Å². The van der Waals surface area contributed by atoms with Crippen LogP contribution in [-0.2, 0) is 13.0 Å². The largest absolute Gasteiger partial charge is 0.489 e. The van der Waals surface area contributed by atoms with E-state index in [2.05, 4.69) is 4.98 Å². The van der Waals surface area contributed by atoms with Crippen molar-refractivity contribution in [2.24, 2.45) is 5.73 Å². The average Bonchev–Trinajstić information content (AvgIpc) is 2.85. The average molecular weight is 249 g/mol. The van der Waals surface area contributed by atoms with Crippen LogP contribution in [0.5, 0.6) is 5.75 Å². The number of imidazole rings is 1. The van der Waals surface area contributed by atoms with Crippen molar-refractivity contribution in [3.8, 4) is 5.75 Å². The van der Waals surface area contributed by atoms with Gasteiger partial charge >= 0.3 is 0 Å². The molecule has 0 unspecified atom stereocenters. The number of hydrogen-bond acceptors (Lipinski definition) is 3. The number of ether oxygens (including phenoxy) is 1. The highest BCUT2D eigenvalue weighted by Crippen LogP contribution is 2.18. The van der Waals surface area contributed by atoms with Gasteiger partial charge in [0.2, 0.25) is 0 Å². The van der Waals surface area contributed by atoms with Crippen LogP contribution in [0.2, 0.25) is 0 Å². The molecule has 0 saturated carbocycles. The molecule has 1 aromatic heterocycles. The molecule has 0 saturated heterocycles. The number of nitrogens with two attached hydrogens (primary N) is 1. The molecule has 0 radical (unpaired) electrons. The highest BCUT2D eigenvalue weighted by atomic mass is 19.1. The van der Waals surface area contributed by atoms with E-state index in [0.717, 1.165) is 5.56 Å². The predicted molar refractivity (Wildman–Crippen MR) is 66.9 cm³/mol. The number of benzene rings is 1. The summed E-state index contributed by atoms with van der Waals surface area (Å²) in [6, 6.07) is 4.95. The van der Waals surface area contributed by atoms with Crippen LogP contribution in [0.4, 0.5) is 4.39 Å². The van der Waals surface area contributed by atoms with E-state index in [1.54, 1.807) is 18.6 Å². The summed E-state index contributed by atoms with van der Waals surface area (Å²) < 4.78 is 20.9. The van der Waals surface area contributed by atoms with E-state index >= 15 is 0 Å². The lowest BCUT2D eigenvalue weighted by atomic mass is 10.1. The Balaban J connectivity index is 1.89. The molecule has 0 fully saturated rings. The third kappa shape index (κ3) is 3.30. The molecule has 4 nitrogen and oxygen atoms in total. The molecule has 0 atom stereocenters. The van der Waals surface area contributed by atoms with Crippen molar-refractivity contribution >= 4 is 0 Å². The summed E-state index contributed by atoms with van der Waals surface area (Å²) in [6.07, 6.45) is 5.91. The van der Waals surface area contributed by atoms with E-state index in [1.807, 2.05) is 16.8 Å². The Morgan fingerprint density at radius 1 is 1.39 bits per heavy atom. The Bertz CT molecular complexity index is 485. The normalized spacial score (nSPS) is 10.6. The fourth-order valence-corrected chi connectivity index (χ4v) is 1.66. The fourth-order valence-electron chi connectivity index (χ4n) is 1.66. The summed E-state index contributed by atoms with van der Waals surface area (Å²) in [4.78, 5) is 3.92. The van der Waals surface area contributed by atoms with Gasteiger partial charge in [-0.05, 0) is 30.7 Å². The second-order valence-electron chi connectivity index (χ2n) is 3.95. The maximum absolute atomic E-state index is 13.7. The Kier molecular flexibility index (Phi) is 4.30. The van der Waals surface area contributed by atoms with E-state index in [9.17, 15) is 4.39 Å². The Morgan fingerprint density at radius 2 is 2.28 bits per heavy atom. The van der Waals surface area contributed by atoms with Crippen molar-refractivity contribution in [1.82, 2.24) is 9.55 Å². The quantitative estimate of drug-likeness (QED) is 0.846. The fraction of sp³-hybridized carbons (Fsp3) is 0.308. The summed E-state index contributed by atoms with van der Waals surface area (Å²) in [7, 11) is 0. The van der Waals surface area contributed by atoms with E-state index in [-0.39, 0.29) is 11.6 Å². The molecule has 0 aliphatic heterocycles. The second-order valence-corrected chi connectivity index (χ2v) is 3.95. The molecule has 0 spiro atoms.